The second kappa shape index (κ2) is 7.02. The first-order valence-corrected chi connectivity index (χ1v) is 9.76. The van der Waals surface area contributed by atoms with Crippen LogP contribution in [0.2, 0.25) is 4.34 Å². The van der Waals surface area contributed by atoms with Gasteiger partial charge in [0.25, 0.3) is 5.91 Å². The molecule has 1 aliphatic heterocycles. The molecular weight excluding hydrogens is 346 g/mol. The van der Waals surface area contributed by atoms with E-state index in [1.165, 1.54) is 16.2 Å². The number of hydrogen-bond donors (Lipinski definition) is 1. The molecule has 7 heteroatoms. The summed E-state index contributed by atoms with van der Waals surface area (Å²) in [5.74, 6) is 0.140. The van der Waals surface area contributed by atoms with Crippen LogP contribution in [0.1, 0.15) is 44.4 Å². The average molecular weight is 370 g/mol. The van der Waals surface area contributed by atoms with E-state index in [4.69, 9.17) is 11.6 Å². The molecule has 1 saturated carbocycles. The predicted molar refractivity (Wildman–Crippen MR) is 96.0 cm³/mol. The van der Waals surface area contributed by atoms with Gasteiger partial charge in [-0.2, -0.15) is 0 Å². The highest BCUT2D eigenvalue weighted by Crippen LogP contribution is 2.38. The molecule has 1 N–H and O–H groups in total. The molecule has 0 radical (unpaired) electrons. The van der Waals surface area contributed by atoms with E-state index in [1.54, 1.807) is 0 Å². The highest BCUT2D eigenvalue weighted by Gasteiger charge is 2.54. The molecular formula is C17H24ClN3O2S. The van der Waals surface area contributed by atoms with Crippen molar-refractivity contribution in [2.24, 2.45) is 5.92 Å². The van der Waals surface area contributed by atoms with Crippen molar-refractivity contribution in [2.75, 3.05) is 13.2 Å². The summed E-state index contributed by atoms with van der Waals surface area (Å²) in [4.78, 5) is 30.1. The van der Waals surface area contributed by atoms with Gasteiger partial charge in [0.1, 0.15) is 5.54 Å². The van der Waals surface area contributed by atoms with Crippen LogP contribution in [-0.2, 0) is 11.3 Å². The second-order valence-electron chi connectivity index (χ2n) is 6.77. The molecule has 1 aromatic rings. The van der Waals surface area contributed by atoms with Gasteiger partial charge in [0.2, 0.25) is 0 Å². The third-order valence-corrected chi connectivity index (χ3v) is 6.51. The molecule has 1 spiro atoms. The zero-order valence-corrected chi connectivity index (χ0v) is 15.8. The Balaban J connectivity index is 1.71. The summed E-state index contributed by atoms with van der Waals surface area (Å²) < 4.78 is 0.756. The Bertz CT molecular complexity index is 635. The number of carbonyl (C=O) groups excluding carboxylic acids is 2. The van der Waals surface area contributed by atoms with Crippen LogP contribution in [-0.4, -0.2) is 40.5 Å². The Kier molecular flexibility index (Phi) is 5.18. The van der Waals surface area contributed by atoms with Crippen LogP contribution in [0.4, 0.5) is 4.79 Å². The molecule has 0 bridgehead atoms. The summed E-state index contributed by atoms with van der Waals surface area (Å²) in [7, 11) is 0. The van der Waals surface area contributed by atoms with Gasteiger partial charge in [-0.25, -0.2) is 9.69 Å². The lowest BCUT2D eigenvalue weighted by molar-refractivity contribution is -0.135. The maximum Gasteiger partial charge on any atom is 0.326 e. The normalized spacial score (nSPS) is 27.3. The van der Waals surface area contributed by atoms with E-state index >= 15 is 0 Å². The molecule has 2 atom stereocenters. The number of urea groups is 1. The van der Waals surface area contributed by atoms with E-state index in [0.717, 1.165) is 41.4 Å². The van der Waals surface area contributed by atoms with Crippen LogP contribution in [0.5, 0.6) is 0 Å². The van der Waals surface area contributed by atoms with Crippen molar-refractivity contribution in [2.45, 2.75) is 51.6 Å². The molecule has 2 fully saturated rings. The molecule has 0 aromatic carbocycles. The van der Waals surface area contributed by atoms with Crippen LogP contribution in [0, 0.1) is 5.92 Å². The lowest BCUT2D eigenvalue weighted by Crippen LogP contribution is -2.54. The molecule has 2 aliphatic rings. The number of amides is 3. The summed E-state index contributed by atoms with van der Waals surface area (Å²) in [5, 5.41) is 3.01. The van der Waals surface area contributed by atoms with Gasteiger partial charge in [-0.05, 0) is 37.4 Å². The van der Waals surface area contributed by atoms with E-state index in [-0.39, 0.29) is 17.9 Å². The van der Waals surface area contributed by atoms with Crippen molar-refractivity contribution in [3.63, 3.8) is 0 Å². The zero-order chi connectivity index (χ0) is 17.3. The largest absolute Gasteiger partial charge is 0.326 e. The van der Waals surface area contributed by atoms with Crippen LogP contribution in [0.3, 0.4) is 0 Å². The SMILES string of the molecule is CCN(Cc1ccc(Cl)s1)CN1C(=O)N[C@@]2(CCCC[C@@H]2C)C1=O. The number of nitrogens with one attached hydrogen (secondary N) is 1. The molecule has 0 unspecified atom stereocenters. The van der Waals surface area contributed by atoms with Crippen LogP contribution < -0.4 is 5.32 Å². The third kappa shape index (κ3) is 3.19. The van der Waals surface area contributed by atoms with Crippen LogP contribution >= 0.6 is 22.9 Å². The van der Waals surface area contributed by atoms with Crippen LogP contribution in [0.15, 0.2) is 12.1 Å². The summed E-state index contributed by atoms with van der Waals surface area (Å²) in [5.41, 5.74) is -0.680. The summed E-state index contributed by atoms with van der Waals surface area (Å²) >= 11 is 7.52. The number of hydrogen-bond acceptors (Lipinski definition) is 4. The van der Waals surface area contributed by atoms with Gasteiger partial charge in [0.05, 0.1) is 11.0 Å². The Hall–Kier alpha value is -1.11. The first-order valence-electron chi connectivity index (χ1n) is 8.57. The topological polar surface area (TPSA) is 52.6 Å². The quantitative estimate of drug-likeness (QED) is 0.805. The number of carbonyl (C=O) groups is 2. The van der Waals surface area contributed by atoms with E-state index in [1.807, 2.05) is 19.1 Å². The summed E-state index contributed by atoms with van der Waals surface area (Å²) in [6, 6.07) is 3.62. The van der Waals surface area contributed by atoms with Gasteiger partial charge in [0.15, 0.2) is 0 Å². The minimum absolute atomic E-state index is 0.0534. The Labute approximate surface area is 152 Å². The van der Waals surface area contributed by atoms with E-state index < -0.39 is 5.54 Å². The smallest absolute Gasteiger partial charge is 0.323 e. The minimum atomic E-state index is -0.680. The number of rotatable bonds is 5. The van der Waals surface area contributed by atoms with E-state index in [0.29, 0.717) is 13.2 Å². The van der Waals surface area contributed by atoms with Crippen molar-refractivity contribution < 1.29 is 9.59 Å². The average Bonchev–Trinajstić information content (AvgIpc) is 3.06. The molecule has 2 heterocycles. The number of thiophene rings is 1. The van der Waals surface area contributed by atoms with Gasteiger partial charge in [-0.3, -0.25) is 9.69 Å². The number of nitrogens with zero attached hydrogens (tertiary/aromatic N) is 2. The van der Waals surface area contributed by atoms with Gasteiger partial charge < -0.3 is 5.32 Å². The molecule has 3 rings (SSSR count). The fraction of sp³-hybridized carbons (Fsp3) is 0.647. The maximum absolute atomic E-state index is 13.0. The van der Waals surface area contributed by atoms with Gasteiger partial charge in [-0.15, -0.1) is 11.3 Å². The molecule has 5 nitrogen and oxygen atoms in total. The lowest BCUT2D eigenvalue weighted by Gasteiger charge is -2.37. The summed E-state index contributed by atoms with van der Waals surface area (Å²) in [6.45, 7) is 5.88. The molecule has 1 saturated heterocycles. The molecule has 3 amide bonds. The standard InChI is InChI=1S/C17H24ClN3O2S/c1-3-20(10-13-7-8-14(18)24-13)11-21-15(22)17(19-16(21)23)9-5-4-6-12(17)2/h7-8,12H,3-6,9-11H2,1-2H3,(H,19,23)/t12-,17+/m0/s1. The fourth-order valence-corrected chi connectivity index (χ4v) is 4.87. The van der Waals surface area contributed by atoms with E-state index in [9.17, 15) is 9.59 Å². The summed E-state index contributed by atoms with van der Waals surface area (Å²) in [6.07, 6.45) is 3.87. The Morgan fingerprint density at radius 1 is 1.42 bits per heavy atom. The highest BCUT2D eigenvalue weighted by molar-refractivity contribution is 7.16. The number of halogens is 1. The first kappa shape index (κ1) is 17.7. The zero-order valence-electron chi connectivity index (χ0n) is 14.2. The second-order valence-corrected chi connectivity index (χ2v) is 8.57. The third-order valence-electron chi connectivity index (χ3n) is 5.30. The van der Waals surface area contributed by atoms with Crippen molar-refractivity contribution in [3.05, 3.63) is 21.3 Å². The first-order chi connectivity index (χ1) is 11.5. The molecule has 1 aromatic heterocycles. The van der Waals surface area contributed by atoms with Crippen molar-refractivity contribution in [1.82, 2.24) is 15.1 Å². The van der Waals surface area contributed by atoms with E-state index in [2.05, 4.69) is 17.1 Å². The van der Waals surface area contributed by atoms with Crippen molar-refractivity contribution >= 4 is 34.9 Å². The Morgan fingerprint density at radius 3 is 2.83 bits per heavy atom. The van der Waals surface area contributed by atoms with Gasteiger partial charge >= 0.3 is 6.03 Å². The van der Waals surface area contributed by atoms with Crippen LogP contribution in [0.25, 0.3) is 0 Å². The monoisotopic (exact) mass is 369 g/mol. The fourth-order valence-electron chi connectivity index (χ4n) is 3.74. The van der Waals surface area contributed by atoms with Gasteiger partial charge in [-0.1, -0.05) is 38.3 Å². The van der Waals surface area contributed by atoms with Crippen molar-refractivity contribution in [1.29, 1.82) is 0 Å². The minimum Gasteiger partial charge on any atom is -0.323 e. The van der Waals surface area contributed by atoms with Crippen molar-refractivity contribution in [3.8, 4) is 0 Å². The molecule has 132 valence electrons. The maximum atomic E-state index is 13.0. The lowest BCUT2D eigenvalue weighted by atomic mass is 9.73. The Morgan fingerprint density at radius 2 is 2.21 bits per heavy atom. The van der Waals surface area contributed by atoms with Gasteiger partial charge in [0, 0.05) is 11.4 Å². The predicted octanol–water partition coefficient (Wildman–Crippen LogP) is 3.68. The molecule has 24 heavy (non-hydrogen) atoms. The number of imide groups is 1. The molecule has 1 aliphatic carbocycles. The highest BCUT2D eigenvalue weighted by atomic mass is 35.5.